The third kappa shape index (κ3) is 4.97. The first kappa shape index (κ1) is 18.7. The van der Waals surface area contributed by atoms with Crippen molar-refractivity contribution in [3.63, 3.8) is 0 Å². The van der Waals surface area contributed by atoms with Crippen LogP contribution in [0.2, 0.25) is 10.0 Å². The minimum atomic E-state index is -0.329. The Kier molecular flexibility index (Phi) is 6.14. The summed E-state index contributed by atoms with van der Waals surface area (Å²) in [4.78, 5) is 24.4. The van der Waals surface area contributed by atoms with Gasteiger partial charge in [0.25, 0.3) is 11.8 Å². The number of hydrogen-bond donors (Lipinski definition) is 2. The molecule has 0 unspecified atom stereocenters. The maximum atomic E-state index is 12.3. The average molecular weight is 393 g/mol. The Balaban J connectivity index is 1.58. The summed E-state index contributed by atoms with van der Waals surface area (Å²) in [6.07, 6.45) is 2.10. The van der Waals surface area contributed by atoms with Crippen LogP contribution in [0.1, 0.15) is 33.6 Å². The van der Waals surface area contributed by atoms with Gasteiger partial charge < -0.3 is 15.4 Å². The second-order valence-corrected chi connectivity index (χ2v) is 6.91. The van der Waals surface area contributed by atoms with Crippen molar-refractivity contribution in [2.75, 3.05) is 18.5 Å². The zero-order chi connectivity index (χ0) is 18.5. The summed E-state index contributed by atoms with van der Waals surface area (Å²) in [6.45, 7) is 1.26. The second kappa shape index (κ2) is 8.54. The van der Waals surface area contributed by atoms with Crippen molar-refractivity contribution in [2.45, 2.75) is 18.9 Å². The first-order valence-electron chi connectivity index (χ1n) is 8.28. The summed E-state index contributed by atoms with van der Waals surface area (Å²) in [5.41, 5.74) is 1.45. The van der Waals surface area contributed by atoms with E-state index in [1.807, 2.05) is 0 Å². The molecule has 2 N–H and O–H groups in total. The van der Waals surface area contributed by atoms with Gasteiger partial charge in [-0.1, -0.05) is 23.2 Å². The number of anilines is 1. The van der Waals surface area contributed by atoms with Gasteiger partial charge in [-0.15, -0.1) is 0 Å². The van der Waals surface area contributed by atoms with E-state index in [-0.39, 0.29) is 17.9 Å². The third-order valence-corrected chi connectivity index (χ3v) is 4.48. The molecule has 0 saturated carbocycles. The van der Waals surface area contributed by atoms with Crippen LogP contribution in [0.25, 0.3) is 0 Å². The number of carbonyl (C=O) groups excluding carboxylic acids is 2. The lowest BCUT2D eigenvalue weighted by Gasteiger charge is -2.11. The molecule has 1 saturated heterocycles. The maximum absolute atomic E-state index is 12.3. The molecular weight excluding hydrogens is 375 g/mol. The lowest BCUT2D eigenvalue weighted by atomic mass is 10.1. The van der Waals surface area contributed by atoms with Crippen molar-refractivity contribution >= 4 is 40.7 Å². The van der Waals surface area contributed by atoms with Crippen molar-refractivity contribution in [2.24, 2.45) is 0 Å². The van der Waals surface area contributed by atoms with E-state index in [0.29, 0.717) is 33.4 Å². The number of ether oxygens (including phenoxy) is 1. The fraction of sp³-hybridized carbons (Fsp3) is 0.263. The van der Waals surface area contributed by atoms with E-state index in [4.69, 9.17) is 27.9 Å². The molecule has 0 radical (unpaired) electrons. The van der Waals surface area contributed by atoms with Gasteiger partial charge in [-0.2, -0.15) is 0 Å². The summed E-state index contributed by atoms with van der Waals surface area (Å²) >= 11 is 11.8. The Labute approximate surface area is 161 Å². The fourth-order valence-electron chi connectivity index (χ4n) is 2.71. The van der Waals surface area contributed by atoms with Gasteiger partial charge in [0.05, 0.1) is 6.10 Å². The lowest BCUT2D eigenvalue weighted by molar-refractivity contribution is 0.0857. The predicted octanol–water partition coefficient (Wildman–Crippen LogP) is 4.15. The van der Waals surface area contributed by atoms with E-state index in [9.17, 15) is 9.59 Å². The van der Waals surface area contributed by atoms with Gasteiger partial charge in [0.15, 0.2) is 0 Å². The molecule has 1 fully saturated rings. The third-order valence-electron chi connectivity index (χ3n) is 4.04. The number of nitrogens with one attached hydrogen (secondary N) is 2. The minimum absolute atomic E-state index is 0.0991. The number of halogens is 2. The van der Waals surface area contributed by atoms with Crippen LogP contribution in [0.3, 0.4) is 0 Å². The SMILES string of the molecule is O=C(NC[C@@H]1CCCO1)c1ccc(NC(=O)c2cc(Cl)cc(Cl)c2)cc1. The highest BCUT2D eigenvalue weighted by Crippen LogP contribution is 2.20. The van der Waals surface area contributed by atoms with E-state index >= 15 is 0 Å². The molecule has 136 valence electrons. The van der Waals surface area contributed by atoms with Crippen LogP contribution in [0, 0.1) is 0 Å². The fourth-order valence-corrected chi connectivity index (χ4v) is 3.23. The van der Waals surface area contributed by atoms with Gasteiger partial charge in [0.1, 0.15) is 0 Å². The Morgan fingerprint density at radius 3 is 2.31 bits per heavy atom. The van der Waals surface area contributed by atoms with Gasteiger partial charge in [-0.05, 0) is 55.3 Å². The summed E-state index contributed by atoms with van der Waals surface area (Å²) in [7, 11) is 0. The van der Waals surface area contributed by atoms with Crippen molar-refractivity contribution in [1.29, 1.82) is 0 Å². The molecule has 26 heavy (non-hydrogen) atoms. The van der Waals surface area contributed by atoms with Gasteiger partial charge in [-0.3, -0.25) is 9.59 Å². The van der Waals surface area contributed by atoms with Gasteiger partial charge in [-0.25, -0.2) is 0 Å². The van der Waals surface area contributed by atoms with Crippen molar-refractivity contribution in [3.8, 4) is 0 Å². The van der Waals surface area contributed by atoms with Crippen molar-refractivity contribution in [3.05, 3.63) is 63.6 Å². The minimum Gasteiger partial charge on any atom is -0.376 e. The quantitative estimate of drug-likeness (QED) is 0.802. The average Bonchev–Trinajstić information content (AvgIpc) is 3.13. The summed E-state index contributed by atoms with van der Waals surface area (Å²) in [5.74, 6) is -0.495. The highest BCUT2D eigenvalue weighted by Gasteiger charge is 2.16. The molecule has 2 aromatic rings. The lowest BCUT2D eigenvalue weighted by Crippen LogP contribution is -2.31. The molecule has 2 amide bonds. The highest BCUT2D eigenvalue weighted by atomic mass is 35.5. The maximum Gasteiger partial charge on any atom is 0.255 e. The molecule has 1 aliphatic heterocycles. The first-order chi connectivity index (χ1) is 12.5. The molecule has 1 atom stereocenters. The summed E-state index contributed by atoms with van der Waals surface area (Å²) < 4.78 is 5.48. The number of rotatable bonds is 5. The molecular formula is C19H18Cl2N2O3. The topological polar surface area (TPSA) is 67.4 Å². The Morgan fingerprint density at radius 1 is 1.00 bits per heavy atom. The second-order valence-electron chi connectivity index (χ2n) is 6.03. The monoisotopic (exact) mass is 392 g/mol. The van der Waals surface area contributed by atoms with Crippen LogP contribution < -0.4 is 10.6 Å². The van der Waals surface area contributed by atoms with E-state index < -0.39 is 0 Å². The largest absolute Gasteiger partial charge is 0.376 e. The molecule has 1 heterocycles. The van der Waals surface area contributed by atoms with E-state index in [2.05, 4.69) is 10.6 Å². The van der Waals surface area contributed by atoms with Crippen molar-refractivity contribution in [1.82, 2.24) is 5.32 Å². The Bertz CT molecular complexity index is 783. The van der Waals surface area contributed by atoms with Gasteiger partial charge >= 0.3 is 0 Å². The number of carbonyl (C=O) groups is 2. The molecule has 0 aliphatic carbocycles. The molecule has 0 bridgehead atoms. The number of hydrogen-bond acceptors (Lipinski definition) is 3. The van der Waals surface area contributed by atoms with Crippen molar-refractivity contribution < 1.29 is 14.3 Å². The Hall–Kier alpha value is -2.08. The summed E-state index contributed by atoms with van der Waals surface area (Å²) in [5, 5.41) is 6.39. The molecule has 0 aromatic heterocycles. The van der Waals surface area contributed by atoms with Crippen LogP contribution in [0.15, 0.2) is 42.5 Å². The van der Waals surface area contributed by atoms with Gasteiger partial charge in [0, 0.05) is 40.0 Å². The van der Waals surface area contributed by atoms with E-state index in [0.717, 1.165) is 19.4 Å². The van der Waals surface area contributed by atoms with Crippen LogP contribution in [-0.4, -0.2) is 31.1 Å². The van der Waals surface area contributed by atoms with E-state index in [1.165, 1.54) is 12.1 Å². The number of benzene rings is 2. The van der Waals surface area contributed by atoms with Crippen LogP contribution >= 0.6 is 23.2 Å². The zero-order valence-electron chi connectivity index (χ0n) is 13.9. The van der Waals surface area contributed by atoms with Crippen LogP contribution in [0.4, 0.5) is 5.69 Å². The predicted molar refractivity (Wildman–Crippen MR) is 102 cm³/mol. The highest BCUT2D eigenvalue weighted by molar-refractivity contribution is 6.35. The number of amides is 2. The summed E-state index contributed by atoms with van der Waals surface area (Å²) in [6, 6.07) is 11.3. The molecule has 0 spiro atoms. The molecule has 7 heteroatoms. The zero-order valence-corrected chi connectivity index (χ0v) is 15.4. The normalized spacial score (nSPS) is 16.3. The Morgan fingerprint density at radius 2 is 1.69 bits per heavy atom. The van der Waals surface area contributed by atoms with E-state index in [1.54, 1.807) is 30.3 Å². The molecule has 2 aromatic carbocycles. The van der Waals surface area contributed by atoms with Crippen LogP contribution in [0.5, 0.6) is 0 Å². The molecule has 1 aliphatic rings. The van der Waals surface area contributed by atoms with Gasteiger partial charge in [0.2, 0.25) is 0 Å². The molecule has 3 rings (SSSR count). The standard InChI is InChI=1S/C19H18Cl2N2O3/c20-14-8-13(9-15(21)10-14)19(25)23-16-5-3-12(4-6-16)18(24)22-11-17-2-1-7-26-17/h3-6,8-10,17H,1-2,7,11H2,(H,22,24)(H,23,25)/t17-/m0/s1. The molecule has 5 nitrogen and oxygen atoms in total. The van der Waals surface area contributed by atoms with Crippen LogP contribution in [-0.2, 0) is 4.74 Å². The first-order valence-corrected chi connectivity index (χ1v) is 9.04. The smallest absolute Gasteiger partial charge is 0.255 e.